The Morgan fingerprint density at radius 1 is 0.967 bits per heavy atom. The van der Waals surface area contributed by atoms with E-state index in [9.17, 15) is 9.90 Å². The third-order valence-corrected chi connectivity index (χ3v) is 6.16. The van der Waals surface area contributed by atoms with Crippen LogP contribution in [0.3, 0.4) is 0 Å². The molecule has 152 valence electrons. The average Bonchev–Trinajstić information content (AvgIpc) is 3.10. The maximum Gasteiger partial charge on any atom is 0.349 e. The van der Waals surface area contributed by atoms with E-state index in [1.807, 2.05) is 61.5 Å². The topological polar surface area (TPSA) is 55.8 Å². The predicted molar refractivity (Wildman–Crippen MR) is 120 cm³/mol. The van der Waals surface area contributed by atoms with Gasteiger partial charge in [0.2, 0.25) is 0 Å². The van der Waals surface area contributed by atoms with E-state index in [-0.39, 0.29) is 4.88 Å². The molecule has 0 spiro atoms. The Kier molecular flexibility index (Phi) is 5.72. The Bertz CT molecular complexity index is 1180. The van der Waals surface area contributed by atoms with E-state index in [0.29, 0.717) is 17.2 Å². The number of carboxylic acids is 1. The highest BCUT2D eigenvalue weighted by Crippen LogP contribution is 2.43. The number of rotatable bonds is 7. The minimum atomic E-state index is -0.998. The molecule has 0 unspecified atom stereocenters. The highest BCUT2D eigenvalue weighted by Gasteiger charge is 2.21. The average molecular weight is 419 g/mol. The zero-order chi connectivity index (χ0) is 21.1. The lowest BCUT2D eigenvalue weighted by atomic mass is 10.0. The van der Waals surface area contributed by atoms with Crippen molar-refractivity contribution in [1.82, 2.24) is 0 Å². The molecule has 0 aliphatic heterocycles. The van der Waals surface area contributed by atoms with Gasteiger partial charge in [-0.2, -0.15) is 0 Å². The summed E-state index contributed by atoms with van der Waals surface area (Å²) in [7, 11) is 1.60. The van der Waals surface area contributed by atoms with Crippen molar-refractivity contribution in [3.8, 4) is 17.2 Å². The zero-order valence-electron chi connectivity index (χ0n) is 16.8. The van der Waals surface area contributed by atoms with Gasteiger partial charge in [0.1, 0.15) is 11.5 Å². The Morgan fingerprint density at radius 3 is 2.27 bits per heavy atom. The molecule has 4 rings (SSSR count). The van der Waals surface area contributed by atoms with Gasteiger partial charge in [0.25, 0.3) is 0 Å². The van der Waals surface area contributed by atoms with E-state index in [0.717, 1.165) is 28.5 Å². The van der Waals surface area contributed by atoms with Crippen molar-refractivity contribution in [2.75, 3.05) is 7.11 Å². The lowest BCUT2D eigenvalue weighted by Gasteiger charge is -2.09. The van der Waals surface area contributed by atoms with E-state index < -0.39 is 5.97 Å². The third-order valence-electron chi connectivity index (χ3n) is 5.04. The normalized spacial score (nSPS) is 10.9. The molecule has 1 N–H and O–H groups in total. The molecule has 0 aliphatic carbocycles. The zero-order valence-corrected chi connectivity index (χ0v) is 17.7. The van der Waals surface area contributed by atoms with Crippen LogP contribution in [0.5, 0.6) is 17.2 Å². The first-order valence-electron chi connectivity index (χ1n) is 9.70. The largest absolute Gasteiger partial charge is 0.496 e. The number of carbonyl (C=O) groups is 1. The standard InChI is InChI=1S/C25H22O4S/c1-16-14-22-20(15-21(16)28-2)23(24(30-22)25(26)27)29-19-12-10-18(11-13-19)9-8-17-6-4-3-5-7-17/h3-7,10-15H,8-9H2,1-2H3,(H,26,27). The van der Waals surface area contributed by atoms with Crippen LogP contribution in [0, 0.1) is 6.92 Å². The van der Waals surface area contributed by atoms with Gasteiger partial charge in [0.15, 0.2) is 10.6 Å². The van der Waals surface area contributed by atoms with Gasteiger partial charge in [-0.15, -0.1) is 11.3 Å². The molecule has 0 amide bonds. The summed E-state index contributed by atoms with van der Waals surface area (Å²) >= 11 is 1.21. The molecule has 1 heterocycles. The van der Waals surface area contributed by atoms with Crippen LogP contribution in [0.2, 0.25) is 0 Å². The maximum atomic E-state index is 11.8. The molecule has 0 aliphatic rings. The van der Waals surface area contributed by atoms with Crippen LogP contribution in [0.4, 0.5) is 0 Å². The molecule has 4 aromatic rings. The number of aryl methyl sites for hydroxylation is 3. The SMILES string of the molecule is COc1cc2c(Oc3ccc(CCc4ccccc4)cc3)c(C(=O)O)sc2cc1C. The molecule has 4 nitrogen and oxygen atoms in total. The molecule has 0 saturated carbocycles. The van der Waals surface area contributed by atoms with Gasteiger partial charge in [0, 0.05) is 10.1 Å². The van der Waals surface area contributed by atoms with Gasteiger partial charge >= 0.3 is 5.97 Å². The third kappa shape index (κ3) is 4.16. The summed E-state index contributed by atoms with van der Waals surface area (Å²) in [5, 5.41) is 10.4. The molecule has 0 bridgehead atoms. The minimum Gasteiger partial charge on any atom is -0.496 e. The van der Waals surface area contributed by atoms with Crippen molar-refractivity contribution in [3.05, 3.63) is 88.3 Å². The first kappa shape index (κ1) is 20.0. The lowest BCUT2D eigenvalue weighted by molar-refractivity contribution is 0.0700. The predicted octanol–water partition coefficient (Wildman–Crippen LogP) is 6.49. The summed E-state index contributed by atoms with van der Waals surface area (Å²) in [6, 6.07) is 22.0. The van der Waals surface area contributed by atoms with Crippen LogP contribution in [0.1, 0.15) is 26.4 Å². The second kappa shape index (κ2) is 8.59. The number of thiophene rings is 1. The summed E-state index contributed by atoms with van der Waals surface area (Å²) in [6.07, 6.45) is 1.90. The molecular weight excluding hydrogens is 396 g/mol. The number of aromatic carboxylic acids is 1. The number of hydrogen-bond acceptors (Lipinski definition) is 4. The molecule has 0 saturated heterocycles. The molecule has 3 aromatic carbocycles. The van der Waals surface area contributed by atoms with Gasteiger partial charge in [-0.05, 0) is 60.7 Å². The van der Waals surface area contributed by atoms with Gasteiger partial charge in [-0.1, -0.05) is 42.5 Å². The number of ether oxygens (including phenoxy) is 2. The maximum absolute atomic E-state index is 11.8. The van der Waals surface area contributed by atoms with Crippen LogP contribution in [-0.4, -0.2) is 18.2 Å². The summed E-state index contributed by atoms with van der Waals surface area (Å²) < 4.78 is 12.3. The molecule has 0 radical (unpaired) electrons. The number of benzene rings is 3. The number of hydrogen-bond donors (Lipinski definition) is 1. The van der Waals surface area contributed by atoms with Crippen molar-refractivity contribution < 1.29 is 19.4 Å². The van der Waals surface area contributed by atoms with E-state index in [1.54, 1.807) is 7.11 Å². The minimum absolute atomic E-state index is 0.186. The molecule has 30 heavy (non-hydrogen) atoms. The number of methoxy groups -OCH3 is 1. The highest BCUT2D eigenvalue weighted by atomic mass is 32.1. The smallest absolute Gasteiger partial charge is 0.349 e. The van der Waals surface area contributed by atoms with Gasteiger partial charge in [0.05, 0.1) is 7.11 Å². The Labute approximate surface area is 179 Å². The molecule has 5 heteroatoms. The van der Waals surface area contributed by atoms with Crippen LogP contribution >= 0.6 is 11.3 Å². The van der Waals surface area contributed by atoms with Crippen molar-refractivity contribution >= 4 is 27.4 Å². The van der Waals surface area contributed by atoms with E-state index in [1.165, 1.54) is 22.5 Å². The van der Waals surface area contributed by atoms with Crippen molar-refractivity contribution in [2.24, 2.45) is 0 Å². The Morgan fingerprint density at radius 2 is 1.63 bits per heavy atom. The van der Waals surface area contributed by atoms with Crippen LogP contribution in [0.25, 0.3) is 10.1 Å². The second-order valence-corrected chi connectivity index (χ2v) is 8.17. The van der Waals surface area contributed by atoms with E-state index >= 15 is 0 Å². The first-order valence-corrected chi connectivity index (χ1v) is 10.5. The number of fused-ring (bicyclic) bond motifs is 1. The number of carboxylic acid groups (broad SMARTS) is 1. The quantitative estimate of drug-likeness (QED) is 0.372. The van der Waals surface area contributed by atoms with Crippen molar-refractivity contribution in [3.63, 3.8) is 0 Å². The molecule has 0 fully saturated rings. The summed E-state index contributed by atoms with van der Waals surface area (Å²) in [6.45, 7) is 1.94. The van der Waals surface area contributed by atoms with Gasteiger partial charge < -0.3 is 14.6 Å². The van der Waals surface area contributed by atoms with Crippen LogP contribution in [0.15, 0.2) is 66.7 Å². The first-order chi connectivity index (χ1) is 14.5. The van der Waals surface area contributed by atoms with Gasteiger partial charge in [-0.25, -0.2) is 4.79 Å². The highest BCUT2D eigenvalue weighted by molar-refractivity contribution is 7.21. The van der Waals surface area contributed by atoms with Crippen LogP contribution < -0.4 is 9.47 Å². The monoisotopic (exact) mass is 418 g/mol. The summed E-state index contributed by atoms with van der Waals surface area (Å²) in [5.74, 6) is 0.679. The fourth-order valence-electron chi connectivity index (χ4n) is 3.44. The fraction of sp³-hybridized carbons (Fsp3) is 0.160. The summed E-state index contributed by atoms with van der Waals surface area (Å²) in [4.78, 5) is 12.0. The fourth-order valence-corrected chi connectivity index (χ4v) is 4.49. The summed E-state index contributed by atoms with van der Waals surface area (Å²) in [5.41, 5.74) is 3.47. The lowest BCUT2D eigenvalue weighted by Crippen LogP contribution is -1.96. The molecule has 0 atom stereocenters. The Balaban J connectivity index is 1.58. The van der Waals surface area contributed by atoms with Crippen LogP contribution in [-0.2, 0) is 12.8 Å². The van der Waals surface area contributed by atoms with E-state index in [4.69, 9.17) is 9.47 Å². The molecular formula is C25H22O4S. The Hall–Kier alpha value is -3.31. The van der Waals surface area contributed by atoms with Gasteiger partial charge in [-0.3, -0.25) is 0 Å². The van der Waals surface area contributed by atoms with E-state index in [2.05, 4.69) is 12.1 Å². The molecule has 1 aromatic heterocycles. The van der Waals surface area contributed by atoms with Crippen molar-refractivity contribution in [1.29, 1.82) is 0 Å². The second-order valence-electron chi connectivity index (χ2n) is 7.12. The van der Waals surface area contributed by atoms with Crippen molar-refractivity contribution in [2.45, 2.75) is 19.8 Å².